The number of hydrogen-bond acceptors (Lipinski definition) is 4. The second-order valence-electron chi connectivity index (χ2n) is 8.86. The van der Waals surface area contributed by atoms with E-state index in [1.165, 1.54) is 6.42 Å². The molecule has 0 radical (unpaired) electrons. The average molecular weight is 331 g/mol. The minimum atomic E-state index is -0.370. The molecule has 24 heavy (non-hydrogen) atoms. The first-order valence-corrected chi connectivity index (χ1v) is 9.64. The molecule has 4 saturated carbocycles. The number of Topliss-reactive ketones (excluding diaryl/α,β-unsaturated/α-hetero) is 2. The highest BCUT2D eigenvalue weighted by molar-refractivity contribution is 6.02. The molecule has 1 unspecified atom stereocenters. The first kappa shape index (κ1) is 16.3. The van der Waals surface area contributed by atoms with Crippen LogP contribution in [0.25, 0.3) is 0 Å². The van der Waals surface area contributed by atoms with Gasteiger partial charge in [0.15, 0.2) is 0 Å². The highest BCUT2D eigenvalue weighted by atomic mass is 16.6. The summed E-state index contributed by atoms with van der Waals surface area (Å²) in [6.45, 7) is 2.44. The van der Waals surface area contributed by atoms with E-state index in [0.717, 1.165) is 44.9 Å². The van der Waals surface area contributed by atoms with Gasteiger partial charge in [-0.25, -0.2) is 0 Å². The Kier molecular flexibility index (Phi) is 3.85. The second-order valence-corrected chi connectivity index (χ2v) is 8.86. The smallest absolute Gasteiger partial charge is 0.144 e. The van der Waals surface area contributed by atoms with Gasteiger partial charge in [0.2, 0.25) is 0 Å². The van der Waals surface area contributed by atoms with Crippen LogP contribution in [0.4, 0.5) is 0 Å². The normalized spacial score (nSPS) is 48.1. The van der Waals surface area contributed by atoms with Crippen molar-refractivity contribution in [1.29, 1.82) is 0 Å². The standard InChI is InChI=1S/C20H29NO3/c1-19-9-7-14(22)11-13(19)3-4-15-16(19)8-10-20(12-21-24-2)17(15)5-6-18(20)23/h12-13,15-17H,3-11H2,1-2H3/t13?,15-,16+,17+,19+,20-/m1/s1. The van der Waals surface area contributed by atoms with Gasteiger partial charge in [0, 0.05) is 19.3 Å². The van der Waals surface area contributed by atoms with Gasteiger partial charge in [0.1, 0.15) is 18.7 Å². The van der Waals surface area contributed by atoms with E-state index >= 15 is 0 Å². The zero-order valence-corrected chi connectivity index (χ0v) is 14.9. The summed E-state index contributed by atoms with van der Waals surface area (Å²) in [4.78, 5) is 29.6. The Morgan fingerprint density at radius 1 is 1.08 bits per heavy atom. The van der Waals surface area contributed by atoms with Crippen LogP contribution in [0.3, 0.4) is 0 Å². The summed E-state index contributed by atoms with van der Waals surface area (Å²) in [7, 11) is 1.55. The maximum atomic E-state index is 12.7. The molecule has 0 bridgehead atoms. The van der Waals surface area contributed by atoms with Crippen LogP contribution in [0.15, 0.2) is 5.16 Å². The quantitative estimate of drug-likeness (QED) is 0.571. The zero-order valence-electron chi connectivity index (χ0n) is 14.9. The van der Waals surface area contributed by atoms with Gasteiger partial charge in [-0.05, 0) is 67.6 Å². The third kappa shape index (κ3) is 2.14. The Morgan fingerprint density at radius 3 is 2.71 bits per heavy atom. The molecule has 4 nitrogen and oxygen atoms in total. The fourth-order valence-corrected chi connectivity index (χ4v) is 6.93. The molecule has 4 fully saturated rings. The van der Waals surface area contributed by atoms with Gasteiger partial charge in [-0.3, -0.25) is 9.59 Å². The summed E-state index contributed by atoms with van der Waals surface area (Å²) in [5.74, 6) is 3.12. The van der Waals surface area contributed by atoms with Crippen molar-refractivity contribution in [2.24, 2.45) is 39.7 Å². The van der Waals surface area contributed by atoms with Crippen molar-refractivity contribution in [2.45, 2.75) is 64.7 Å². The van der Waals surface area contributed by atoms with Crippen LogP contribution in [0.5, 0.6) is 0 Å². The molecule has 0 amide bonds. The van der Waals surface area contributed by atoms with Crippen molar-refractivity contribution in [3.8, 4) is 0 Å². The summed E-state index contributed by atoms with van der Waals surface area (Å²) < 4.78 is 0. The van der Waals surface area contributed by atoms with Gasteiger partial charge in [0.25, 0.3) is 0 Å². The van der Waals surface area contributed by atoms with Crippen LogP contribution in [-0.2, 0) is 14.4 Å². The predicted molar refractivity (Wildman–Crippen MR) is 91.6 cm³/mol. The Morgan fingerprint density at radius 2 is 1.92 bits per heavy atom. The van der Waals surface area contributed by atoms with Crippen LogP contribution in [0.1, 0.15) is 64.7 Å². The lowest BCUT2D eigenvalue weighted by molar-refractivity contribution is -0.139. The van der Waals surface area contributed by atoms with Crippen molar-refractivity contribution in [2.75, 3.05) is 7.11 Å². The van der Waals surface area contributed by atoms with E-state index in [4.69, 9.17) is 4.84 Å². The minimum Gasteiger partial charge on any atom is -0.399 e. The van der Waals surface area contributed by atoms with Crippen molar-refractivity contribution in [1.82, 2.24) is 0 Å². The first-order chi connectivity index (χ1) is 11.5. The van der Waals surface area contributed by atoms with Gasteiger partial charge in [-0.15, -0.1) is 0 Å². The number of rotatable bonds is 2. The van der Waals surface area contributed by atoms with Gasteiger partial charge < -0.3 is 4.84 Å². The average Bonchev–Trinajstić information content (AvgIpc) is 2.91. The third-order valence-electron chi connectivity index (χ3n) is 8.20. The molecule has 4 aliphatic carbocycles. The maximum Gasteiger partial charge on any atom is 0.144 e. The molecule has 4 aliphatic rings. The van der Waals surface area contributed by atoms with Crippen molar-refractivity contribution in [3.05, 3.63) is 0 Å². The molecule has 0 heterocycles. The number of ketones is 2. The van der Waals surface area contributed by atoms with Crippen LogP contribution < -0.4 is 0 Å². The van der Waals surface area contributed by atoms with Crippen molar-refractivity contribution >= 4 is 17.8 Å². The zero-order chi connectivity index (χ0) is 16.9. The largest absolute Gasteiger partial charge is 0.399 e. The molecule has 0 aromatic rings. The molecule has 0 aromatic heterocycles. The highest BCUT2D eigenvalue weighted by Crippen LogP contribution is 2.64. The third-order valence-corrected chi connectivity index (χ3v) is 8.20. The monoisotopic (exact) mass is 331 g/mol. The van der Waals surface area contributed by atoms with Crippen molar-refractivity contribution in [3.63, 3.8) is 0 Å². The molecule has 132 valence electrons. The highest BCUT2D eigenvalue weighted by Gasteiger charge is 2.61. The Bertz CT molecular complexity index is 585. The molecule has 6 atom stereocenters. The number of oxime groups is 1. The minimum absolute atomic E-state index is 0.299. The Labute approximate surface area is 144 Å². The topological polar surface area (TPSA) is 55.7 Å². The Balaban J connectivity index is 1.65. The molecular formula is C20H29NO3. The van der Waals surface area contributed by atoms with E-state index in [0.29, 0.717) is 47.1 Å². The second kappa shape index (κ2) is 5.67. The molecule has 0 N–H and O–H groups in total. The number of carbonyl (C=O) groups excluding carboxylic acids is 2. The van der Waals surface area contributed by atoms with E-state index < -0.39 is 0 Å². The van der Waals surface area contributed by atoms with Gasteiger partial charge >= 0.3 is 0 Å². The lowest BCUT2D eigenvalue weighted by Gasteiger charge is -2.59. The fraction of sp³-hybridized carbons (Fsp3) is 0.850. The van der Waals surface area contributed by atoms with Crippen LogP contribution in [-0.4, -0.2) is 24.9 Å². The summed E-state index contributed by atoms with van der Waals surface area (Å²) in [6.07, 6.45) is 10.5. The molecule has 0 aliphatic heterocycles. The maximum absolute atomic E-state index is 12.7. The summed E-state index contributed by atoms with van der Waals surface area (Å²) in [6, 6.07) is 0. The molecule has 0 spiro atoms. The van der Waals surface area contributed by atoms with E-state index in [9.17, 15) is 9.59 Å². The van der Waals surface area contributed by atoms with E-state index in [1.807, 2.05) is 6.21 Å². The van der Waals surface area contributed by atoms with Crippen LogP contribution in [0, 0.1) is 34.5 Å². The first-order valence-electron chi connectivity index (χ1n) is 9.64. The van der Waals surface area contributed by atoms with Crippen LogP contribution >= 0.6 is 0 Å². The van der Waals surface area contributed by atoms with E-state index in [1.54, 1.807) is 7.11 Å². The number of carbonyl (C=O) groups is 2. The molecule has 4 heteroatoms. The van der Waals surface area contributed by atoms with Gasteiger partial charge in [-0.2, -0.15) is 0 Å². The molecular weight excluding hydrogens is 302 g/mol. The number of fused-ring (bicyclic) bond motifs is 5. The fourth-order valence-electron chi connectivity index (χ4n) is 6.93. The predicted octanol–water partition coefficient (Wildman–Crippen LogP) is 3.78. The number of hydrogen-bond donors (Lipinski definition) is 0. The van der Waals surface area contributed by atoms with E-state index in [-0.39, 0.29) is 5.41 Å². The molecule has 0 aromatic carbocycles. The molecule has 4 rings (SSSR count). The van der Waals surface area contributed by atoms with Crippen LogP contribution in [0.2, 0.25) is 0 Å². The van der Waals surface area contributed by atoms with Gasteiger partial charge in [-0.1, -0.05) is 12.1 Å². The Hall–Kier alpha value is -1.19. The summed E-state index contributed by atoms with van der Waals surface area (Å²) in [5.41, 5.74) is -0.0715. The summed E-state index contributed by atoms with van der Waals surface area (Å²) in [5, 5.41) is 4.04. The van der Waals surface area contributed by atoms with E-state index in [2.05, 4.69) is 12.1 Å². The van der Waals surface area contributed by atoms with Gasteiger partial charge in [0.05, 0.1) is 11.6 Å². The van der Waals surface area contributed by atoms with Crippen molar-refractivity contribution < 1.29 is 14.4 Å². The SMILES string of the molecule is CON=C[C@]12CC[C@H]3[C@@H](CCC4CC(=O)CC[C@@]43C)[C@@H]1CCC2=O. The number of nitrogens with zero attached hydrogens (tertiary/aromatic N) is 1. The lowest BCUT2D eigenvalue weighted by atomic mass is 9.45. The summed E-state index contributed by atoms with van der Waals surface area (Å²) >= 11 is 0. The molecule has 0 saturated heterocycles. The lowest BCUT2D eigenvalue weighted by Crippen LogP contribution is -2.54.